The molecule has 0 rings (SSSR count). The Morgan fingerprint density at radius 3 is 0.960 bits per heavy atom. The van der Waals surface area contributed by atoms with Gasteiger partial charge in [0.2, 0.25) is 0 Å². The molecule has 148 valence electrons. The van der Waals surface area contributed by atoms with Gasteiger partial charge in [-0.15, -0.1) is 0 Å². The third-order valence-corrected chi connectivity index (χ3v) is 4.40. The molecule has 2 N–H and O–H groups in total. The van der Waals surface area contributed by atoms with Crippen molar-refractivity contribution < 1.29 is 19.8 Å². The number of carboxylic acid groups (broad SMARTS) is 2. The Hall–Kier alpha value is -1.06. The molecule has 4 nitrogen and oxygen atoms in total. The Bertz CT molecular complexity index is 441. The molecule has 0 aliphatic rings. The van der Waals surface area contributed by atoms with Gasteiger partial charge in [0.15, 0.2) is 5.41 Å². The van der Waals surface area contributed by atoms with Gasteiger partial charge in [-0.3, -0.25) is 9.59 Å². The summed E-state index contributed by atoms with van der Waals surface area (Å²) in [6.45, 7) is 20.5. The topological polar surface area (TPSA) is 74.6 Å². The van der Waals surface area contributed by atoms with Crippen LogP contribution < -0.4 is 0 Å². The molecule has 0 unspecified atom stereocenters. The summed E-state index contributed by atoms with van der Waals surface area (Å²) in [4.78, 5) is 24.3. The van der Waals surface area contributed by atoms with Crippen LogP contribution in [0, 0.1) is 27.1 Å². The highest BCUT2D eigenvalue weighted by Gasteiger charge is 2.53. The fraction of sp³-hybridized carbons (Fsp3) is 0.905. The van der Waals surface area contributed by atoms with E-state index in [0.29, 0.717) is 0 Å². The number of hydrogen-bond donors (Lipinski definition) is 2. The highest BCUT2D eigenvalue weighted by Crippen LogP contribution is 2.49. The first-order chi connectivity index (χ1) is 10.7. The maximum Gasteiger partial charge on any atom is 0.321 e. The molecular formula is C21H40O4. The highest BCUT2D eigenvalue weighted by molar-refractivity contribution is 5.98. The van der Waals surface area contributed by atoms with Crippen LogP contribution in [0.2, 0.25) is 0 Å². The molecule has 0 radical (unpaired) electrons. The molecule has 0 saturated heterocycles. The van der Waals surface area contributed by atoms with Crippen molar-refractivity contribution in [2.45, 2.75) is 94.9 Å². The Morgan fingerprint density at radius 2 is 0.800 bits per heavy atom. The molecule has 0 heterocycles. The maximum atomic E-state index is 12.2. The summed E-state index contributed by atoms with van der Waals surface area (Å²) in [5.74, 6) is -2.44. The monoisotopic (exact) mass is 356 g/mol. The van der Waals surface area contributed by atoms with E-state index in [1.54, 1.807) is 0 Å². The quantitative estimate of drug-likeness (QED) is 0.535. The van der Waals surface area contributed by atoms with E-state index >= 15 is 0 Å². The van der Waals surface area contributed by atoms with Crippen LogP contribution in [-0.4, -0.2) is 22.2 Å². The Labute approximate surface area is 154 Å². The van der Waals surface area contributed by atoms with Crippen LogP contribution in [0.1, 0.15) is 94.9 Å². The van der Waals surface area contributed by atoms with Gasteiger partial charge in [-0.2, -0.15) is 0 Å². The second kappa shape index (κ2) is 7.28. The first kappa shape index (κ1) is 23.9. The first-order valence-corrected chi connectivity index (χ1v) is 9.18. The Morgan fingerprint density at radius 1 is 0.560 bits per heavy atom. The van der Waals surface area contributed by atoms with Crippen molar-refractivity contribution in [2.75, 3.05) is 0 Å². The standard InChI is InChI=1S/C21H40O4/c1-17(2,3)11-19(7,8)13-21(15(22)23,16(24)25)14-20(9,10)12-18(4,5)6/h11-14H2,1-10H3,(H,22,23)(H,24,25). The highest BCUT2D eigenvalue weighted by atomic mass is 16.4. The van der Waals surface area contributed by atoms with Crippen molar-refractivity contribution in [2.24, 2.45) is 27.1 Å². The summed E-state index contributed by atoms with van der Waals surface area (Å²) in [6.07, 6.45) is 1.80. The van der Waals surface area contributed by atoms with E-state index in [4.69, 9.17) is 0 Å². The lowest BCUT2D eigenvalue weighted by atomic mass is 9.60. The zero-order valence-electron chi connectivity index (χ0n) is 18.0. The van der Waals surface area contributed by atoms with Gasteiger partial charge in [0, 0.05) is 0 Å². The average Bonchev–Trinajstić information content (AvgIpc) is 2.18. The second-order valence-corrected chi connectivity index (χ2v) is 11.8. The van der Waals surface area contributed by atoms with Gasteiger partial charge in [-0.25, -0.2) is 0 Å². The van der Waals surface area contributed by atoms with E-state index in [9.17, 15) is 19.8 Å². The lowest BCUT2D eigenvalue weighted by Crippen LogP contribution is -2.46. The van der Waals surface area contributed by atoms with Crippen molar-refractivity contribution in [3.8, 4) is 0 Å². The van der Waals surface area contributed by atoms with E-state index in [-0.39, 0.29) is 34.5 Å². The van der Waals surface area contributed by atoms with Gasteiger partial charge in [0.1, 0.15) is 0 Å². The summed E-state index contributed by atoms with van der Waals surface area (Å²) in [7, 11) is 0. The summed E-state index contributed by atoms with van der Waals surface area (Å²) < 4.78 is 0. The smallest absolute Gasteiger partial charge is 0.321 e. The zero-order valence-corrected chi connectivity index (χ0v) is 18.0. The molecule has 0 fully saturated rings. The predicted octanol–water partition coefficient (Wildman–Crippen LogP) is 5.85. The van der Waals surface area contributed by atoms with Crippen LogP contribution in [0.15, 0.2) is 0 Å². The number of carbonyl (C=O) groups is 2. The minimum Gasteiger partial charge on any atom is -0.480 e. The third-order valence-electron chi connectivity index (χ3n) is 4.40. The van der Waals surface area contributed by atoms with Crippen molar-refractivity contribution in [1.82, 2.24) is 0 Å². The van der Waals surface area contributed by atoms with Gasteiger partial charge in [0.05, 0.1) is 0 Å². The molecule has 0 aromatic carbocycles. The molecule has 0 aromatic heterocycles. The summed E-state index contributed by atoms with van der Waals surface area (Å²) in [6, 6.07) is 0. The lowest BCUT2D eigenvalue weighted by Gasteiger charge is -2.42. The molecule has 0 amide bonds. The van der Waals surface area contributed by atoms with Crippen LogP contribution in [0.5, 0.6) is 0 Å². The fourth-order valence-corrected chi connectivity index (χ4v) is 5.09. The fourth-order valence-electron chi connectivity index (χ4n) is 5.09. The van der Waals surface area contributed by atoms with E-state index in [1.807, 2.05) is 27.7 Å². The molecule has 25 heavy (non-hydrogen) atoms. The van der Waals surface area contributed by atoms with E-state index in [0.717, 1.165) is 12.8 Å². The normalized spacial score (nSPS) is 14.5. The molecule has 0 atom stereocenters. The molecule has 0 aromatic rings. The van der Waals surface area contributed by atoms with Crippen molar-refractivity contribution in [3.05, 3.63) is 0 Å². The largest absolute Gasteiger partial charge is 0.480 e. The summed E-state index contributed by atoms with van der Waals surface area (Å²) in [5, 5.41) is 19.9. The van der Waals surface area contributed by atoms with Crippen LogP contribution in [0.3, 0.4) is 0 Å². The lowest BCUT2D eigenvalue weighted by molar-refractivity contribution is -0.171. The Kier molecular flexibility index (Phi) is 6.97. The maximum absolute atomic E-state index is 12.2. The van der Waals surface area contributed by atoms with E-state index < -0.39 is 17.4 Å². The zero-order chi connectivity index (χ0) is 20.5. The SMILES string of the molecule is CC(C)(C)CC(C)(C)CC(CC(C)(C)CC(C)(C)C)(C(=O)O)C(=O)O. The van der Waals surface area contributed by atoms with Crippen molar-refractivity contribution in [1.29, 1.82) is 0 Å². The predicted molar refractivity (Wildman–Crippen MR) is 103 cm³/mol. The minimum absolute atomic E-state index is 0.00712. The van der Waals surface area contributed by atoms with Gasteiger partial charge in [-0.1, -0.05) is 69.2 Å². The van der Waals surface area contributed by atoms with Crippen LogP contribution in [0.4, 0.5) is 0 Å². The summed E-state index contributed by atoms with van der Waals surface area (Å²) in [5.41, 5.74) is -2.51. The molecule has 0 aliphatic carbocycles. The third kappa shape index (κ3) is 8.24. The second-order valence-electron chi connectivity index (χ2n) is 11.8. The van der Waals surface area contributed by atoms with E-state index in [2.05, 4.69) is 41.5 Å². The molecule has 4 heteroatoms. The molecule has 0 bridgehead atoms. The molecule has 0 aliphatic heterocycles. The number of rotatable bonds is 8. The van der Waals surface area contributed by atoms with Gasteiger partial charge in [0.25, 0.3) is 0 Å². The van der Waals surface area contributed by atoms with Crippen LogP contribution >= 0.6 is 0 Å². The number of hydrogen-bond acceptors (Lipinski definition) is 2. The van der Waals surface area contributed by atoms with Crippen LogP contribution in [0.25, 0.3) is 0 Å². The molecule has 0 saturated carbocycles. The molecular weight excluding hydrogens is 316 g/mol. The van der Waals surface area contributed by atoms with Crippen molar-refractivity contribution in [3.63, 3.8) is 0 Å². The van der Waals surface area contributed by atoms with Gasteiger partial charge < -0.3 is 10.2 Å². The van der Waals surface area contributed by atoms with Gasteiger partial charge in [-0.05, 0) is 47.3 Å². The minimum atomic E-state index is -1.76. The number of carboxylic acids is 2. The summed E-state index contributed by atoms with van der Waals surface area (Å²) >= 11 is 0. The van der Waals surface area contributed by atoms with Gasteiger partial charge >= 0.3 is 11.9 Å². The number of aliphatic carboxylic acids is 2. The average molecular weight is 357 g/mol. The van der Waals surface area contributed by atoms with Crippen LogP contribution in [-0.2, 0) is 9.59 Å². The Balaban J connectivity index is 5.84. The first-order valence-electron chi connectivity index (χ1n) is 9.18. The van der Waals surface area contributed by atoms with Crippen molar-refractivity contribution >= 4 is 11.9 Å². The van der Waals surface area contributed by atoms with E-state index in [1.165, 1.54) is 0 Å². The molecule has 0 spiro atoms.